The largest absolute Gasteiger partial charge is 0.455 e. The Hall–Kier alpha value is -3.02. The molecule has 0 spiro atoms. The molecule has 0 fully saturated rings. The van der Waals surface area contributed by atoms with Crippen molar-refractivity contribution in [2.45, 2.75) is 6.42 Å². The van der Waals surface area contributed by atoms with E-state index >= 15 is 0 Å². The number of thiophene rings is 1. The molecular weight excluding hydrogens is 370 g/mol. The molecule has 2 aromatic heterocycles. The van der Waals surface area contributed by atoms with E-state index in [0.29, 0.717) is 16.9 Å². The normalized spacial score (nSPS) is 10.1. The van der Waals surface area contributed by atoms with E-state index < -0.39 is 18.5 Å². The fourth-order valence-electron chi connectivity index (χ4n) is 2.12. The number of nitrogens with zero attached hydrogens (tertiary/aromatic N) is 2. The van der Waals surface area contributed by atoms with Gasteiger partial charge >= 0.3 is 5.97 Å². The second-order valence-electron chi connectivity index (χ2n) is 5.23. The molecule has 2 heterocycles. The molecule has 0 atom stereocenters. The number of esters is 1. The number of rotatable bonds is 6. The zero-order chi connectivity index (χ0) is 18.4. The number of nitrogens with one attached hydrogen (secondary N) is 1. The first-order valence-electron chi connectivity index (χ1n) is 7.56. The summed E-state index contributed by atoms with van der Waals surface area (Å²) in [6.45, 7) is -0.392. The molecule has 1 amide bonds. The SMILES string of the molecule is N#Cc1cccc(NC(=O)COC(=O)Cc2csc(-c3ccsc3)n2)c1. The smallest absolute Gasteiger partial charge is 0.312 e. The highest BCUT2D eigenvalue weighted by Gasteiger charge is 2.12. The van der Waals surface area contributed by atoms with E-state index in [4.69, 9.17) is 10.00 Å². The molecule has 26 heavy (non-hydrogen) atoms. The summed E-state index contributed by atoms with van der Waals surface area (Å²) in [5, 5.41) is 18.0. The second kappa shape index (κ2) is 8.38. The van der Waals surface area contributed by atoms with Crippen LogP contribution in [-0.2, 0) is 20.7 Å². The molecule has 0 radical (unpaired) electrons. The Labute approximate surface area is 157 Å². The lowest BCUT2D eigenvalue weighted by Gasteiger charge is -2.06. The Morgan fingerprint density at radius 2 is 2.15 bits per heavy atom. The minimum absolute atomic E-state index is 0.0117. The van der Waals surface area contributed by atoms with Gasteiger partial charge in [-0.15, -0.1) is 11.3 Å². The topological polar surface area (TPSA) is 92.1 Å². The van der Waals surface area contributed by atoms with Crippen LogP contribution >= 0.6 is 22.7 Å². The predicted molar refractivity (Wildman–Crippen MR) is 99.9 cm³/mol. The number of hydrogen-bond acceptors (Lipinski definition) is 7. The standard InChI is InChI=1S/C18H13N3O3S2/c19-8-12-2-1-3-14(6-12)20-16(22)9-24-17(23)7-15-11-26-18(21-15)13-4-5-25-10-13/h1-6,10-11H,7,9H2,(H,20,22). The lowest BCUT2D eigenvalue weighted by molar-refractivity contribution is -0.146. The highest BCUT2D eigenvalue weighted by Crippen LogP contribution is 2.25. The van der Waals surface area contributed by atoms with Gasteiger partial charge in [0.05, 0.1) is 23.7 Å². The number of thiazole rings is 1. The van der Waals surface area contributed by atoms with Crippen LogP contribution in [0.3, 0.4) is 0 Å². The van der Waals surface area contributed by atoms with E-state index in [-0.39, 0.29) is 6.42 Å². The van der Waals surface area contributed by atoms with Crippen molar-refractivity contribution in [2.24, 2.45) is 0 Å². The van der Waals surface area contributed by atoms with Gasteiger partial charge in [-0.3, -0.25) is 9.59 Å². The van der Waals surface area contributed by atoms with Crippen LogP contribution in [0.1, 0.15) is 11.3 Å². The predicted octanol–water partition coefficient (Wildman–Crippen LogP) is 3.47. The van der Waals surface area contributed by atoms with Gasteiger partial charge in [0.15, 0.2) is 6.61 Å². The number of carbonyl (C=O) groups is 2. The van der Waals surface area contributed by atoms with Crippen molar-refractivity contribution in [1.82, 2.24) is 4.98 Å². The van der Waals surface area contributed by atoms with Gasteiger partial charge in [0.25, 0.3) is 5.91 Å². The van der Waals surface area contributed by atoms with Gasteiger partial charge in [-0.25, -0.2) is 4.98 Å². The van der Waals surface area contributed by atoms with Gasteiger partial charge in [-0.1, -0.05) is 6.07 Å². The molecule has 130 valence electrons. The van der Waals surface area contributed by atoms with Gasteiger partial charge in [-0.2, -0.15) is 16.6 Å². The van der Waals surface area contributed by atoms with Crippen molar-refractivity contribution in [3.63, 3.8) is 0 Å². The molecule has 3 rings (SSSR count). The molecule has 0 aliphatic heterocycles. The fourth-order valence-corrected chi connectivity index (χ4v) is 3.65. The van der Waals surface area contributed by atoms with E-state index in [9.17, 15) is 9.59 Å². The number of carbonyl (C=O) groups excluding carboxylic acids is 2. The Morgan fingerprint density at radius 3 is 2.92 bits per heavy atom. The van der Waals surface area contributed by atoms with Crippen LogP contribution in [-0.4, -0.2) is 23.5 Å². The van der Waals surface area contributed by atoms with Crippen LogP contribution < -0.4 is 5.32 Å². The van der Waals surface area contributed by atoms with Gasteiger partial charge in [-0.05, 0) is 29.6 Å². The van der Waals surface area contributed by atoms with E-state index in [0.717, 1.165) is 10.6 Å². The lowest BCUT2D eigenvalue weighted by Crippen LogP contribution is -2.21. The van der Waals surface area contributed by atoms with Gasteiger partial charge in [0.2, 0.25) is 0 Å². The number of anilines is 1. The van der Waals surface area contributed by atoms with E-state index in [2.05, 4.69) is 10.3 Å². The van der Waals surface area contributed by atoms with Crippen molar-refractivity contribution in [2.75, 3.05) is 11.9 Å². The monoisotopic (exact) mass is 383 g/mol. The van der Waals surface area contributed by atoms with Crippen LogP contribution in [0.2, 0.25) is 0 Å². The van der Waals surface area contributed by atoms with Crippen molar-refractivity contribution in [3.8, 4) is 16.6 Å². The zero-order valence-electron chi connectivity index (χ0n) is 13.5. The molecule has 0 saturated carbocycles. The molecule has 3 aromatic rings. The zero-order valence-corrected chi connectivity index (χ0v) is 15.1. The molecule has 1 N–H and O–H groups in total. The molecule has 0 bridgehead atoms. The third kappa shape index (κ3) is 4.75. The summed E-state index contributed by atoms with van der Waals surface area (Å²) in [6, 6.07) is 10.4. The van der Waals surface area contributed by atoms with Crippen molar-refractivity contribution < 1.29 is 14.3 Å². The quantitative estimate of drug-likeness (QED) is 0.658. The van der Waals surface area contributed by atoms with Crippen molar-refractivity contribution in [1.29, 1.82) is 5.26 Å². The first-order valence-corrected chi connectivity index (χ1v) is 9.39. The average molecular weight is 383 g/mol. The summed E-state index contributed by atoms with van der Waals surface area (Å²) in [6.07, 6.45) is 0.0117. The maximum Gasteiger partial charge on any atom is 0.312 e. The fraction of sp³-hybridized carbons (Fsp3) is 0.111. The maximum atomic E-state index is 11.9. The maximum absolute atomic E-state index is 11.9. The molecule has 6 nitrogen and oxygen atoms in total. The Kier molecular flexibility index (Phi) is 5.73. The van der Waals surface area contributed by atoms with Gasteiger partial charge in [0, 0.05) is 22.0 Å². The van der Waals surface area contributed by atoms with Crippen LogP contribution in [0.15, 0.2) is 46.5 Å². The van der Waals surface area contributed by atoms with Crippen molar-refractivity contribution >= 4 is 40.2 Å². The van der Waals surface area contributed by atoms with Gasteiger partial charge in [0.1, 0.15) is 5.01 Å². The van der Waals surface area contributed by atoms with Crippen LogP contribution in [0, 0.1) is 11.3 Å². The molecule has 0 saturated heterocycles. The Bertz CT molecular complexity index is 958. The Balaban J connectivity index is 1.48. The number of hydrogen-bond donors (Lipinski definition) is 1. The summed E-state index contributed by atoms with van der Waals surface area (Å²) in [5.74, 6) is -0.987. The second-order valence-corrected chi connectivity index (χ2v) is 6.87. The summed E-state index contributed by atoms with van der Waals surface area (Å²) in [4.78, 5) is 28.1. The number of ether oxygens (including phenoxy) is 1. The van der Waals surface area contributed by atoms with Crippen LogP contribution in [0.25, 0.3) is 10.6 Å². The highest BCUT2D eigenvalue weighted by atomic mass is 32.1. The number of amides is 1. The molecule has 0 aliphatic carbocycles. The lowest BCUT2D eigenvalue weighted by atomic mass is 10.2. The Morgan fingerprint density at radius 1 is 1.27 bits per heavy atom. The van der Waals surface area contributed by atoms with Crippen LogP contribution in [0.4, 0.5) is 5.69 Å². The molecule has 0 aliphatic rings. The van der Waals surface area contributed by atoms with E-state index in [1.54, 1.807) is 35.6 Å². The molecule has 0 unspecified atom stereocenters. The van der Waals surface area contributed by atoms with E-state index in [1.807, 2.05) is 28.3 Å². The number of nitriles is 1. The number of benzene rings is 1. The van der Waals surface area contributed by atoms with E-state index in [1.165, 1.54) is 11.3 Å². The summed E-state index contributed by atoms with van der Waals surface area (Å²) >= 11 is 3.05. The first-order chi connectivity index (χ1) is 12.6. The summed E-state index contributed by atoms with van der Waals surface area (Å²) < 4.78 is 4.99. The summed E-state index contributed by atoms with van der Waals surface area (Å²) in [5.41, 5.74) is 2.55. The molecule has 8 heteroatoms. The minimum Gasteiger partial charge on any atom is -0.455 e. The highest BCUT2D eigenvalue weighted by molar-refractivity contribution is 7.14. The molecular formula is C18H13N3O3S2. The van der Waals surface area contributed by atoms with Crippen LogP contribution in [0.5, 0.6) is 0 Å². The first kappa shape index (κ1) is 17.8. The van der Waals surface area contributed by atoms with Crippen molar-refractivity contribution in [3.05, 3.63) is 57.7 Å². The summed E-state index contributed by atoms with van der Waals surface area (Å²) in [7, 11) is 0. The molecule has 1 aromatic carbocycles. The number of aromatic nitrogens is 1. The third-order valence-corrected chi connectivity index (χ3v) is 4.91. The average Bonchev–Trinajstić information content (AvgIpc) is 3.31. The minimum atomic E-state index is -0.520. The van der Waals surface area contributed by atoms with Gasteiger partial charge < -0.3 is 10.1 Å². The third-order valence-electron chi connectivity index (χ3n) is 3.29.